The zero-order valence-electron chi connectivity index (χ0n) is 13.3. The van der Waals surface area contributed by atoms with Gasteiger partial charge in [-0.05, 0) is 50.3 Å². The summed E-state index contributed by atoms with van der Waals surface area (Å²) in [4.78, 5) is 23.3. The average molecular weight is 354 g/mol. The molecular weight excluding hydrogens is 333 g/mol. The van der Waals surface area contributed by atoms with Crippen LogP contribution in [-0.4, -0.2) is 25.0 Å². The Labute approximate surface area is 145 Å². The van der Waals surface area contributed by atoms with Crippen LogP contribution in [0.2, 0.25) is 5.02 Å². The van der Waals surface area contributed by atoms with Crippen LogP contribution >= 0.6 is 11.6 Å². The monoisotopic (exact) mass is 353 g/mol. The summed E-state index contributed by atoms with van der Waals surface area (Å²) >= 11 is 5.76. The normalized spacial score (nSPS) is 13.8. The highest BCUT2D eigenvalue weighted by Gasteiger charge is 2.10. The van der Waals surface area contributed by atoms with Gasteiger partial charge in [0.05, 0.1) is 12.2 Å². The molecule has 1 aliphatic carbocycles. The number of benzene rings is 1. The van der Waals surface area contributed by atoms with Gasteiger partial charge in [0.25, 0.3) is 0 Å². The Morgan fingerprint density at radius 3 is 2.83 bits per heavy atom. The maximum Gasteiger partial charge on any atom is 0.321 e. The number of carbonyl (C=O) groups excluding carboxylic acids is 2. The molecule has 0 radical (unpaired) electrons. The molecule has 2 rings (SSSR count). The summed E-state index contributed by atoms with van der Waals surface area (Å²) in [5.41, 5.74) is 1.47. The third-order valence-electron chi connectivity index (χ3n) is 3.74. The van der Waals surface area contributed by atoms with Gasteiger partial charge in [-0.15, -0.1) is 0 Å². The third-order valence-corrected chi connectivity index (χ3v) is 3.97. The van der Waals surface area contributed by atoms with Crippen LogP contribution in [0.1, 0.15) is 32.1 Å². The number of hydrogen-bond acceptors (Lipinski definition) is 3. The minimum Gasteiger partial charge on any atom is -0.374 e. The van der Waals surface area contributed by atoms with Crippen LogP contribution in [0.15, 0.2) is 29.8 Å². The minimum atomic E-state index is -0.552. The molecule has 0 aliphatic heterocycles. The second-order valence-electron chi connectivity index (χ2n) is 5.64. The van der Waals surface area contributed by atoms with Crippen molar-refractivity contribution in [3.8, 4) is 0 Å². The zero-order valence-corrected chi connectivity index (χ0v) is 14.1. The van der Waals surface area contributed by atoms with E-state index in [1.165, 1.54) is 36.6 Å². The predicted molar refractivity (Wildman–Crippen MR) is 92.6 cm³/mol. The van der Waals surface area contributed by atoms with Crippen LogP contribution in [0.25, 0.3) is 0 Å². The summed E-state index contributed by atoms with van der Waals surface area (Å²) < 4.78 is 13.5. The van der Waals surface area contributed by atoms with Crippen molar-refractivity contribution in [2.24, 2.45) is 0 Å². The molecule has 0 unspecified atom stereocenters. The summed E-state index contributed by atoms with van der Waals surface area (Å²) in [5.74, 6) is -1.07. The molecule has 130 valence electrons. The first-order valence-electron chi connectivity index (χ1n) is 7.99. The number of hydrogen-bond donors (Lipinski definition) is 3. The summed E-state index contributed by atoms with van der Waals surface area (Å²) in [6, 6.07) is 3.44. The molecule has 0 heterocycles. The molecule has 3 N–H and O–H groups in total. The lowest BCUT2D eigenvalue weighted by Crippen LogP contribution is -2.42. The zero-order chi connectivity index (χ0) is 17.4. The van der Waals surface area contributed by atoms with E-state index in [2.05, 4.69) is 22.0 Å². The van der Waals surface area contributed by atoms with E-state index in [-0.39, 0.29) is 12.2 Å². The fourth-order valence-electron chi connectivity index (χ4n) is 2.49. The predicted octanol–water partition coefficient (Wildman–Crippen LogP) is 3.61. The second kappa shape index (κ2) is 9.27. The smallest absolute Gasteiger partial charge is 0.321 e. The fourth-order valence-corrected chi connectivity index (χ4v) is 2.66. The molecule has 0 fully saturated rings. The third kappa shape index (κ3) is 6.20. The van der Waals surface area contributed by atoms with E-state index in [1.54, 1.807) is 0 Å². The molecule has 5 nitrogen and oxygen atoms in total. The summed E-state index contributed by atoms with van der Waals surface area (Å²) in [6.45, 7) is 0.261. The van der Waals surface area contributed by atoms with Crippen LogP contribution in [0.3, 0.4) is 0 Å². The number of carbonyl (C=O) groups is 2. The first-order chi connectivity index (χ1) is 11.5. The summed E-state index contributed by atoms with van der Waals surface area (Å²) in [6.07, 6.45) is 7.63. The van der Waals surface area contributed by atoms with Crippen molar-refractivity contribution < 1.29 is 14.0 Å². The highest BCUT2D eigenvalue weighted by atomic mass is 35.5. The van der Waals surface area contributed by atoms with Gasteiger partial charge < -0.3 is 10.6 Å². The number of nitrogens with one attached hydrogen (secondary N) is 3. The first-order valence-corrected chi connectivity index (χ1v) is 8.37. The van der Waals surface area contributed by atoms with Gasteiger partial charge in [-0.3, -0.25) is 10.1 Å². The second-order valence-corrected chi connectivity index (χ2v) is 6.08. The van der Waals surface area contributed by atoms with Gasteiger partial charge in [-0.1, -0.05) is 23.3 Å². The maximum absolute atomic E-state index is 13.5. The SMILES string of the molecule is O=C(CNc1cc(Cl)ccc1F)NC(=O)NCCC1=CCCCC1. The fraction of sp³-hybridized carbons (Fsp3) is 0.412. The van der Waals surface area contributed by atoms with Crippen LogP contribution in [0.5, 0.6) is 0 Å². The van der Waals surface area contributed by atoms with Crippen LogP contribution in [-0.2, 0) is 4.79 Å². The first kappa shape index (κ1) is 18.3. The van der Waals surface area contributed by atoms with Crippen molar-refractivity contribution in [1.82, 2.24) is 10.6 Å². The van der Waals surface area contributed by atoms with Crippen molar-refractivity contribution in [2.45, 2.75) is 32.1 Å². The maximum atomic E-state index is 13.5. The van der Waals surface area contributed by atoms with Gasteiger partial charge >= 0.3 is 6.03 Å². The molecule has 1 aromatic carbocycles. The van der Waals surface area contributed by atoms with Crippen molar-refractivity contribution in [3.63, 3.8) is 0 Å². The van der Waals surface area contributed by atoms with Crippen molar-refractivity contribution in [3.05, 3.63) is 40.7 Å². The van der Waals surface area contributed by atoms with Crippen molar-refractivity contribution >= 4 is 29.2 Å². The van der Waals surface area contributed by atoms with Gasteiger partial charge in [-0.25, -0.2) is 9.18 Å². The Hall–Kier alpha value is -2.08. The van der Waals surface area contributed by atoms with E-state index in [9.17, 15) is 14.0 Å². The highest BCUT2D eigenvalue weighted by Crippen LogP contribution is 2.20. The molecule has 0 saturated heterocycles. The van der Waals surface area contributed by atoms with Gasteiger partial charge in [0.15, 0.2) is 0 Å². The minimum absolute atomic E-state index is 0.113. The van der Waals surface area contributed by atoms with E-state index < -0.39 is 17.8 Å². The topological polar surface area (TPSA) is 70.2 Å². The Morgan fingerprint density at radius 1 is 1.25 bits per heavy atom. The Kier molecular flexibility index (Phi) is 7.06. The van der Waals surface area contributed by atoms with Crippen LogP contribution < -0.4 is 16.0 Å². The molecular formula is C17H21ClFN3O2. The molecule has 0 aromatic heterocycles. The number of rotatable bonds is 6. The van der Waals surface area contributed by atoms with Gasteiger partial charge in [0.2, 0.25) is 5.91 Å². The quantitative estimate of drug-likeness (QED) is 0.684. The van der Waals surface area contributed by atoms with Crippen LogP contribution in [0, 0.1) is 5.82 Å². The lowest BCUT2D eigenvalue weighted by molar-refractivity contribution is -0.118. The lowest BCUT2D eigenvalue weighted by Gasteiger charge is -2.13. The molecule has 0 bridgehead atoms. The lowest BCUT2D eigenvalue weighted by atomic mass is 9.97. The number of urea groups is 1. The Morgan fingerprint density at radius 2 is 2.08 bits per heavy atom. The number of amides is 3. The van der Waals surface area contributed by atoms with Crippen molar-refractivity contribution in [1.29, 1.82) is 0 Å². The van der Waals surface area contributed by atoms with Crippen LogP contribution in [0.4, 0.5) is 14.9 Å². The van der Waals surface area contributed by atoms with Gasteiger partial charge in [0.1, 0.15) is 5.82 Å². The molecule has 24 heavy (non-hydrogen) atoms. The summed E-state index contributed by atoms with van der Waals surface area (Å²) in [7, 11) is 0. The van der Waals surface area contributed by atoms with E-state index in [1.807, 2.05) is 0 Å². The Bertz CT molecular complexity index is 634. The van der Waals surface area contributed by atoms with E-state index in [0.29, 0.717) is 11.6 Å². The highest BCUT2D eigenvalue weighted by molar-refractivity contribution is 6.30. The summed E-state index contributed by atoms with van der Waals surface area (Å²) in [5, 5.41) is 7.80. The standard InChI is InChI=1S/C17H21ClFN3O2/c18-13-6-7-14(19)15(10-13)21-11-16(23)22-17(24)20-9-8-12-4-2-1-3-5-12/h4,6-7,10,21H,1-3,5,8-9,11H2,(H2,20,22,23,24). The molecule has 0 spiro atoms. The number of halogens is 2. The number of imide groups is 1. The molecule has 1 aromatic rings. The Balaban J connectivity index is 1.67. The number of allylic oxidation sites excluding steroid dienone is 1. The average Bonchev–Trinajstić information content (AvgIpc) is 2.56. The van der Waals surface area contributed by atoms with Gasteiger partial charge in [0, 0.05) is 11.6 Å². The van der Waals surface area contributed by atoms with E-state index in [4.69, 9.17) is 11.6 Å². The van der Waals surface area contributed by atoms with Gasteiger partial charge in [-0.2, -0.15) is 0 Å². The molecule has 3 amide bonds. The number of anilines is 1. The molecule has 1 aliphatic rings. The molecule has 0 atom stereocenters. The largest absolute Gasteiger partial charge is 0.374 e. The van der Waals surface area contributed by atoms with Crippen molar-refractivity contribution in [2.75, 3.05) is 18.4 Å². The van der Waals surface area contributed by atoms with E-state index >= 15 is 0 Å². The molecule has 7 heteroatoms. The van der Waals surface area contributed by atoms with E-state index in [0.717, 1.165) is 19.3 Å². The molecule has 0 saturated carbocycles.